The predicted molar refractivity (Wildman–Crippen MR) is 118 cm³/mol. The molecule has 1 saturated heterocycles. The first kappa shape index (κ1) is 18.2. The van der Waals surface area contributed by atoms with Gasteiger partial charge in [-0.2, -0.15) is 0 Å². The van der Waals surface area contributed by atoms with E-state index in [0.29, 0.717) is 17.8 Å². The molecule has 2 nitrogen and oxygen atoms in total. The van der Waals surface area contributed by atoms with Gasteiger partial charge < -0.3 is 10.0 Å². The van der Waals surface area contributed by atoms with E-state index in [2.05, 4.69) is 35.3 Å². The number of aliphatic hydroxyl groups is 1. The smallest absolute Gasteiger partial charge is 0.0781 e. The van der Waals surface area contributed by atoms with Crippen molar-refractivity contribution in [3.8, 4) is 0 Å². The summed E-state index contributed by atoms with van der Waals surface area (Å²) in [7, 11) is 0. The fourth-order valence-corrected chi connectivity index (χ4v) is 7.60. The molecule has 0 radical (unpaired) electrons. The van der Waals surface area contributed by atoms with Gasteiger partial charge >= 0.3 is 0 Å². The molecule has 1 N–H and O–H groups in total. The minimum atomic E-state index is -0.526. The molecule has 3 atom stereocenters. The van der Waals surface area contributed by atoms with Crippen LogP contribution in [0.5, 0.6) is 0 Å². The minimum absolute atomic E-state index is 0.336. The topological polar surface area (TPSA) is 23.5 Å². The van der Waals surface area contributed by atoms with Gasteiger partial charge in [0.05, 0.1) is 5.60 Å². The number of fused-ring (bicyclic) bond motifs is 3. The summed E-state index contributed by atoms with van der Waals surface area (Å²) in [6.07, 6.45) is 25.1. The lowest BCUT2D eigenvalue weighted by molar-refractivity contribution is -0.0717. The highest BCUT2D eigenvalue weighted by molar-refractivity contribution is 5.55. The van der Waals surface area contributed by atoms with E-state index in [9.17, 15) is 5.11 Å². The molecule has 0 amide bonds. The molecule has 2 fully saturated rings. The van der Waals surface area contributed by atoms with Gasteiger partial charge in [-0.15, -0.1) is 0 Å². The molecule has 0 aromatic carbocycles. The van der Waals surface area contributed by atoms with Gasteiger partial charge in [-0.25, -0.2) is 0 Å². The molecule has 0 spiro atoms. The van der Waals surface area contributed by atoms with E-state index in [1.165, 1.54) is 56.9 Å². The number of hydrogen-bond donors (Lipinski definition) is 1. The Bertz CT molecular complexity index is 850. The van der Waals surface area contributed by atoms with Crippen molar-refractivity contribution < 1.29 is 5.11 Å². The average molecular weight is 390 g/mol. The normalized spacial score (nSPS) is 37.0. The third-order valence-corrected chi connectivity index (χ3v) is 8.88. The van der Waals surface area contributed by atoms with E-state index in [1.807, 2.05) is 0 Å². The van der Waals surface area contributed by atoms with E-state index in [4.69, 9.17) is 0 Å². The molecule has 0 aromatic rings. The van der Waals surface area contributed by atoms with Crippen molar-refractivity contribution in [2.75, 3.05) is 13.1 Å². The number of hydrogen-bond acceptors (Lipinski definition) is 2. The summed E-state index contributed by atoms with van der Waals surface area (Å²) < 4.78 is 0. The summed E-state index contributed by atoms with van der Waals surface area (Å²) in [5, 5.41) is 12.4. The summed E-state index contributed by atoms with van der Waals surface area (Å²) in [5.74, 6) is 1.38. The second kappa shape index (κ2) is 7.01. The van der Waals surface area contributed by atoms with Crippen LogP contribution in [0.3, 0.4) is 0 Å². The van der Waals surface area contributed by atoms with Gasteiger partial charge in [-0.05, 0) is 80.1 Å². The van der Waals surface area contributed by atoms with Crippen LogP contribution in [0.25, 0.3) is 0 Å². The van der Waals surface area contributed by atoms with Crippen molar-refractivity contribution in [3.63, 3.8) is 0 Å². The standard InChI is InChI=1S/C27H35NO/c29-27(20-10-2-1-3-11-20)17-19-9-8-13-22-25-15-6-7-16-28(25)18-23(26(19)22)21-12-4-5-14-24(21)27/h4,6-7,12,15,20,22,24,29H,1-3,5,8-11,13-14,16-18H2. The average Bonchev–Trinajstić information content (AvgIpc) is 2.89. The molecular formula is C27H35NO. The molecule has 2 aliphatic heterocycles. The van der Waals surface area contributed by atoms with Crippen LogP contribution in [0.4, 0.5) is 0 Å². The predicted octanol–water partition coefficient (Wildman–Crippen LogP) is 5.83. The quantitative estimate of drug-likeness (QED) is 0.610. The SMILES string of the molecule is OC1(C2CCCCC2)CC2=C3C(=C4C=CCCC41)CN1CC=CC=C1C3CCC2. The van der Waals surface area contributed by atoms with Gasteiger partial charge in [0.1, 0.15) is 0 Å². The second-order valence-electron chi connectivity index (χ2n) is 10.3. The molecule has 2 heteroatoms. The summed E-state index contributed by atoms with van der Waals surface area (Å²) >= 11 is 0. The van der Waals surface area contributed by atoms with Gasteiger partial charge in [0.2, 0.25) is 0 Å². The van der Waals surface area contributed by atoms with Crippen LogP contribution >= 0.6 is 0 Å². The molecule has 0 aromatic heterocycles. The highest BCUT2D eigenvalue weighted by Gasteiger charge is 2.50. The number of nitrogens with zero attached hydrogens (tertiary/aromatic N) is 1. The van der Waals surface area contributed by atoms with Crippen molar-refractivity contribution in [1.29, 1.82) is 0 Å². The van der Waals surface area contributed by atoms with E-state index >= 15 is 0 Å². The third-order valence-electron chi connectivity index (χ3n) is 8.88. The van der Waals surface area contributed by atoms with Gasteiger partial charge in [0, 0.05) is 30.6 Å². The lowest BCUT2D eigenvalue weighted by Gasteiger charge is -2.45. The Morgan fingerprint density at radius 3 is 2.79 bits per heavy atom. The third kappa shape index (κ3) is 2.78. The minimum Gasteiger partial charge on any atom is -0.389 e. The summed E-state index contributed by atoms with van der Waals surface area (Å²) in [6.45, 7) is 2.09. The highest BCUT2D eigenvalue weighted by Crippen LogP contribution is 2.56. The van der Waals surface area contributed by atoms with Crippen molar-refractivity contribution in [1.82, 2.24) is 4.90 Å². The van der Waals surface area contributed by atoms with Gasteiger partial charge in [-0.3, -0.25) is 0 Å². The van der Waals surface area contributed by atoms with Gasteiger partial charge in [0.15, 0.2) is 0 Å². The maximum atomic E-state index is 12.4. The Kier molecular flexibility index (Phi) is 4.41. The molecule has 4 aliphatic carbocycles. The number of allylic oxidation sites excluding steroid dienone is 5. The zero-order valence-electron chi connectivity index (χ0n) is 17.7. The Morgan fingerprint density at radius 2 is 1.90 bits per heavy atom. The molecule has 29 heavy (non-hydrogen) atoms. The van der Waals surface area contributed by atoms with Crippen LogP contribution in [-0.2, 0) is 0 Å². The largest absolute Gasteiger partial charge is 0.389 e. The van der Waals surface area contributed by atoms with Crippen LogP contribution in [0.15, 0.2) is 58.4 Å². The monoisotopic (exact) mass is 389 g/mol. The summed E-state index contributed by atoms with van der Waals surface area (Å²) in [5.41, 5.74) is 7.41. The van der Waals surface area contributed by atoms with Gasteiger partial charge in [-0.1, -0.05) is 49.1 Å². The van der Waals surface area contributed by atoms with Crippen LogP contribution in [0, 0.1) is 17.8 Å². The molecule has 1 saturated carbocycles. The van der Waals surface area contributed by atoms with E-state index < -0.39 is 5.60 Å². The van der Waals surface area contributed by atoms with Crippen LogP contribution < -0.4 is 0 Å². The Hall–Kier alpha value is -1.54. The fraction of sp³-hybridized carbons (Fsp3) is 0.630. The zero-order valence-corrected chi connectivity index (χ0v) is 17.7. The molecule has 154 valence electrons. The molecular weight excluding hydrogens is 354 g/mol. The van der Waals surface area contributed by atoms with Crippen LogP contribution in [0.2, 0.25) is 0 Å². The Balaban J connectivity index is 1.53. The summed E-state index contributed by atoms with van der Waals surface area (Å²) in [6, 6.07) is 0. The lowest BCUT2D eigenvalue weighted by Crippen LogP contribution is -2.47. The van der Waals surface area contributed by atoms with Crippen LogP contribution in [-0.4, -0.2) is 28.7 Å². The fourth-order valence-electron chi connectivity index (χ4n) is 7.60. The van der Waals surface area contributed by atoms with E-state index in [1.54, 1.807) is 22.4 Å². The molecule has 6 rings (SSSR count). The van der Waals surface area contributed by atoms with Gasteiger partial charge in [0.25, 0.3) is 0 Å². The van der Waals surface area contributed by atoms with Crippen molar-refractivity contribution in [3.05, 3.63) is 58.4 Å². The Morgan fingerprint density at radius 1 is 1.00 bits per heavy atom. The first-order chi connectivity index (χ1) is 14.3. The zero-order chi connectivity index (χ0) is 19.4. The first-order valence-electron chi connectivity index (χ1n) is 12.2. The Labute approximate surface area is 175 Å². The second-order valence-corrected chi connectivity index (χ2v) is 10.3. The van der Waals surface area contributed by atoms with Crippen molar-refractivity contribution in [2.24, 2.45) is 17.8 Å². The maximum Gasteiger partial charge on any atom is 0.0781 e. The molecule has 6 aliphatic rings. The van der Waals surface area contributed by atoms with E-state index in [-0.39, 0.29) is 0 Å². The molecule has 0 bridgehead atoms. The lowest BCUT2D eigenvalue weighted by atomic mass is 9.64. The van der Waals surface area contributed by atoms with Crippen LogP contribution in [0.1, 0.15) is 70.6 Å². The maximum absolute atomic E-state index is 12.4. The van der Waals surface area contributed by atoms with Crippen molar-refractivity contribution >= 4 is 0 Å². The number of piperidine rings is 1. The summed E-state index contributed by atoms with van der Waals surface area (Å²) in [4.78, 5) is 2.62. The van der Waals surface area contributed by atoms with Crippen molar-refractivity contribution in [2.45, 2.75) is 76.2 Å². The highest BCUT2D eigenvalue weighted by atomic mass is 16.3. The van der Waals surface area contributed by atoms with E-state index in [0.717, 1.165) is 32.4 Å². The number of rotatable bonds is 1. The first-order valence-corrected chi connectivity index (χ1v) is 12.2. The molecule has 3 unspecified atom stereocenters. The molecule has 2 heterocycles.